The fraction of sp³-hybridized carbons (Fsp3) is 0.727. The second kappa shape index (κ2) is 4.73. The summed E-state index contributed by atoms with van der Waals surface area (Å²) in [4.78, 5) is 12.2. The minimum Gasteiger partial charge on any atom is -0.464 e. The number of nitrogens with two attached hydrogens (primary N) is 1. The van der Waals surface area contributed by atoms with Gasteiger partial charge in [-0.15, -0.1) is 0 Å². The summed E-state index contributed by atoms with van der Waals surface area (Å²) in [5.74, 6) is 0.707. The Morgan fingerprint density at radius 3 is 2.59 bits per heavy atom. The highest BCUT2D eigenvalue weighted by molar-refractivity contribution is 5.36. The van der Waals surface area contributed by atoms with E-state index < -0.39 is 0 Å². The third kappa shape index (κ3) is 2.57. The van der Waals surface area contributed by atoms with Gasteiger partial charge in [-0.2, -0.15) is 15.0 Å². The molecule has 1 aromatic heterocycles. The van der Waals surface area contributed by atoms with Gasteiger partial charge in [0.2, 0.25) is 11.9 Å². The maximum Gasteiger partial charge on any atom is 0.323 e. The first-order valence-electron chi connectivity index (χ1n) is 6.10. The third-order valence-electron chi connectivity index (χ3n) is 3.27. The predicted octanol–water partition coefficient (Wildman–Crippen LogP) is 1.60. The summed E-state index contributed by atoms with van der Waals surface area (Å²) in [6, 6.07) is 0.285. The third-order valence-corrected chi connectivity index (χ3v) is 3.27. The topological polar surface area (TPSA) is 86.0 Å². The van der Waals surface area contributed by atoms with Crippen LogP contribution in [0.1, 0.15) is 39.5 Å². The van der Waals surface area contributed by atoms with Gasteiger partial charge in [-0.05, 0) is 32.6 Å². The van der Waals surface area contributed by atoms with Crippen LogP contribution in [-0.4, -0.2) is 27.1 Å². The summed E-state index contributed by atoms with van der Waals surface area (Å²) in [5.41, 5.74) is 5.76. The molecule has 0 aliphatic heterocycles. The van der Waals surface area contributed by atoms with Gasteiger partial charge in [-0.3, -0.25) is 0 Å². The van der Waals surface area contributed by atoms with Crippen LogP contribution >= 0.6 is 0 Å². The van der Waals surface area contributed by atoms with Gasteiger partial charge in [0.05, 0.1) is 6.61 Å². The molecule has 1 aliphatic carbocycles. The number of rotatable bonds is 5. The number of nitrogen functional groups attached to an aromatic ring is 1. The van der Waals surface area contributed by atoms with Crippen molar-refractivity contribution in [2.45, 2.75) is 45.1 Å². The minimum atomic E-state index is 0.136. The first-order chi connectivity index (χ1) is 8.17. The molecular formula is C11H19N5O. The zero-order valence-electron chi connectivity index (χ0n) is 10.4. The maximum atomic E-state index is 5.63. The molecule has 1 aliphatic rings. The number of anilines is 2. The molecule has 1 saturated carbocycles. The molecule has 1 heterocycles. The number of ether oxygens (including phenoxy) is 1. The van der Waals surface area contributed by atoms with Crippen molar-refractivity contribution < 1.29 is 4.74 Å². The van der Waals surface area contributed by atoms with E-state index in [1.165, 1.54) is 6.42 Å². The molecule has 3 N–H and O–H groups in total. The maximum absolute atomic E-state index is 5.63. The van der Waals surface area contributed by atoms with Crippen molar-refractivity contribution >= 4 is 11.9 Å². The molecule has 1 fully saturated rings. The first kappa shape index (κ1) is 11.9. The largest absolute Gasteiger partial charge is 0.464 e. The Balaban J connectivity index is 2.14. The summed E-state index contributed by atoms with van der Waals surface area (Å²) in [7, 11) is 0. The molecule has 0 bridgehead atoms. The van der Waals surface area contributed by atoms with Crippen LogP contribution in [0.3, 0.4) is 0 Å². The van der Waals surface area contributed by atoms with Crippen molar-refractivity contribution in [1.29, 1.82) is 0 Å². The SMILES string of the molecule is CCOc1nc(N)nc(NC2(CC)CCC2)n1. The summed E-state index contributed by atoms with van der Waals surface area (Å²) in [5, 5.41) is 3.36. The van der Waals surface area contributed by atoms with Crippen molar-refractivity contribution in [3.8, 4) is 6.01 Å². The molecule has 0 saturated heterocycles. The van der Waals surface area contributed by atoms with E-state index in [0.717, 1.165) is 19.3 Å². The lowest BCUT2D eigenvalue weighted by molar-refractivity contribution is 0.266. The summed E-state index contributed by atoms with van der Waals surface area (Å²) < 4.78 is 5.24. The highest BCUT2D eigenvalue weighted by Gasteiger charge is 2.35. The summed E-state index contributed by atoms with van der Waals surface area (Å²) in [6.07, 6.45) is 4.61. The average molecular weight is 237 g/mol. The van der Waals surface area contributed by atoms with Gasteiger partial charge in [0.15, 0.2) is 0 Å². The summed E-state index contributed by atoms with van der Waals surface area (Å²) in [6.45, 7) is 4.56. The van der Waals surface area contributed by atoms with Crippen LogP contribution in [0, 0.1) is 0 Å². The van der Waals surface area contributed by atoms with Crippen LogP contribution in [0.5, 0.6) is 6.01 Å². The van der Waals surface area contributed by atoms with Crippen LogP contribution in [0.4, 0.5) is 11.9 Å². The lowest BCUT2D eigenvalue weighted by Gasteiger charge is -2.41. The standard InChI is InChI=1S/C11H19N5O/c1-3-11(6-5-7-11)16-9-13-8(12)14-10(15-9)17-4-2/h3-7H2,1-2H3,(H3,12,13,14,15,16). The van der Waals surface area contributed by atoms with Crippen LogP contribution in [-0.2, 0) is 0 Å². The Bertz CT molecular complexity index is 386. The molecule has 0 atom stereocenters. The molecule has 94 valence electrons. The fourth-order valence-corrected chi connectivity index (χ4v) is 2.03. The first-order valence-corrected chi connectivity index (χ1v) is 6.10. The van der Waals surface area contributed by atoms with E-state index >= 15 is 0 Å². The Labute approximate surface area is 101 Å². The Kier molecular flexibility index (Phi) is 3.31. The normalized spacial score (nSPS) is 17.3. The zero-order valence-corrected chi connectivity index (χ0v) is 10.4. The van der Waals surface area contributed by atoms with Crippen molar-refractivity contribution in [2.24, 2.45) is 0 Å². The van der Waals surface area contributed by atoms with Crippen LogP contribution in [0.2, 0.25) is 0 Å². The molecule has 2 rings (SSSR count). The highest BCUT2D eigenvalue weighted by Crippen LogP contribution is 2.37. The van der Waals surface area contributed by atoms with E-state index in [9.17, 15) is 0 Å². The molecule has 6 nitrogen and oxygen atoms in total. The molecule has 0 spiro atoms. The van der Waals surface area contributed by atoms with Gasteiger partial charge >= 0.3 is 6.01 Å². The lowest BCUT2D eigenvalue weighted by atomic mass is 9.75. The van der Waals surface area contributed by atoms with Crippen molar-refractivity contribution in [3.63, 3.8) is 0 Å². The molecule has 1 aromatic rings. The summed E-state index contributed by atoms with van der Waals surface area (Å²) >= 11 is 0. The molecule has 0 unspecified atom stereocenters. The minimum absolute atomic E-state index is 0.136. The van der Waals surface area contributed by atoms with Crippen molar-refractivity contribution in [2.75, 3.05) is 17.7 Å². The van der Waals surface area contributed by atoms with Crippen LogP contribution < -0.4 is 15.8 Å². The van der Waals surface area contributed by atoms with Crippen LogP contribution in [0.15, 0.2) is 0 Å². The molecule has 0 aromatic carbocycles. The van der Waals surface area contributed by atoms with Crippen molar-refractivity contribution in [3.05, 3.63) is 0 Å². The number of aromatic nitrogens is 3. The van der Waals surface area contributed by atoms with Gasteiger partial charge < -0.3 is 15.8 Å². The van der Waals surface area contributed by atoms with E-state index in [1.54, 1.807) is 0 Å². The van der Waals surface area contributed by atoms with E-state index in [2.05, 4.69) is 27.2 Å². The smallest absolute Gasteiger partial charge is 0.323 e. The molecule has 17 heavy (non-hydrogen) atoms. The fourth-order valence-electron chi connectivity index (χ4n) is 2.03. The monoisotopic (exact) mass is 237 g/mol. The highest BCUT2D eigenvalue weighted by atomic mass is 16.5. The Morgan fingerprint density at radius 2 is 2.06 bits per heavy atom. The second-order valence-electron chi connectivity index (χ2n) is 4.35. The number of nitrogens with one attached hydrogen (secondary N) is 1. The van der Waals surface area contributed by atoms with E-state index in [4.69, 9.17) is 10.5 Å². The molecule has 0 amide bonds. The second-order valence-corrected chi connectivity index (χ2v) is 4.35. The molecular weight excluding hydrogens is 218 g/mol. The number of hydrogen-bond acceptors (Lipinski definition) is 6. The van der Waals surface area contributed by atoms with Gasteiger partial charge in [0.1, 0.15) is 0 Å². The van der Waals surface area contributed by atoms with E-state index in [-0.39, 0.29) is 17.5 Å². The van der Waals surface area contributed by atoms with E-state index in [1.807, 2.05) is 6.92 Å². The van der Waals surface area contributed by atoms with Gasteiger partial charge in [-0.25, -0.2) is 0 Å². The predicted molar refractivity (Wildman–Crippen MR) is 65.9 cm³/mol. The van der Waals surface area contributed by atoms with Crippen LogP contribution in [0.25, 0.3) is 0 Å². The molecule has 6 heteroatoms. The van der Waals surface area contributed by atoms with Gasteiger partial charge in [0.25, 0.3) is 0 Å². The number of hydrogen-bond donors (Lipinski definition) is 2. The van der Waals surface area contributed by atoms with E-state index in [0.29, 0.717) is 12.6 Å². The Morgan fingerprint density at radius 1 is 1.29 bits per heavy atom. The van der Waals surface area contributed by atoms with Gasteiger partial charge in [-0.1, -0.05) is 6.92 Å². The quantitative estimate of drug-likeness (QED) is 0.809. The Hall–Kier alpha value is -1.59. The number of nitrogens with zero attached hydrogens (tertiary/aromatic N) is 3. The van der Waals surface area contributed by atoms with Gasteiger partial charge in [0, 0.05) is 5.54 Å². The lowest BCUT2D eigenvalue weighted by Crippen LogP contribution is -2.44. The van der Waals surface area contributed by atoms with Crippen molar-refractivity contribution in [1.82, 2.24) is 15.0 Å². The zero-order chi connectivity index (χ0) is 12.3. The molecule has 0 radical (unpaired) electrons. The average Bonchev–Trinajstić information content (AvgIpc) is 2.23.